The Labute approximate surface area is 141 Å². The average molecular weight is 328 g/mol. The second-order valence-corrected chi connectivity index (χ2v) is 6.24. The third-order valence-corrected chi connectivity index (χ3v) is 4.81. The molecule has 0 saturated carbocycles. The number of nitrogens with zero attached hydrogens (tertiary/aromatic N) is 2. The van der Waals surface area contributed by atoms with Gasteiger partial charge in [0.25, 0.3) is 5.69 Å². The minimum Gasteiger partial charge on any atom is -0.508 e. The van der Waals surface area contributed by atoms with Gasteiger partial charge in [-0.25, -0.2) is 0 Å². The van der Waals surface area contributed by atoms with Crippen molar-refractivity contribution >= 4 is 11.4 Å². The summed E-state index contributed by atoms with van der Waals surface area (Å²) in [6.07, 6.45) is 0. The van der Waals surface area contributed by atoms with Crippen molar-refractivity contribution in [2.24, 2.45) is 0 Å². The highest BCUT2D eigenvalue weighted by Gasteiger charge is 2.26. The number of rotatable bonds is 4. The quantitative estimate of drug-likeness (QED) is 0.663. The standard InChI is InChI=1S/C18H21N3O3/c1-14(15-3-2-4-17(13-15)21(23)24)19-9-11-20(12-10-19)16-5-7-18(22)8-6-16/h2-8,13-14,22H,9-12H2,1H3/p+1/t14-/m0/s1. The van der Waals surface area contributed by atoms with Crippen molar-refractivity contribution in [2.45, 2.75) is 13.0 Å². The predicted octanol–water partition coefficient (Wildman–Crippen LogP) is 1.77. The molecule has 1 heterocycles. The minimum atomic E-state index is -0.339. The summed E-state index contributed by atoms with van der Waals surface area (Å²) in [4.78, 5) is 14.4. The first-order valence-corrected chi connectivity index (χ1v) is 8.17. The molecule has 1 atom stereocenters. The van der Waals surface area contributed by atoms with E-state index in [4.69, 9.17) is 0 Å². The van der Waals surface area contributed by atoms with Crippen molar-refractivity contribution in [1.82, 2.24) is 0 Å². The molecule has 0 aliphatic carbocycles. The molecule has 24 heavy (non-hydrogen) atoms. The zero-order valence-electron chi connectivity index (χ0n) is 13.7. The van der Waals surface area contributed by atoms with Gasteiger partial charge in [-0.15, -0.1) is 0 Å². The highest BCUT2D eigenvalue weighted by Crippen LogP contribution is 2.20. The Kier molecular flexibility index (Phi) is 4.66. The number of quaternary nitrogens is 1. The number of non-ortho nitro benzene ring substituents is 1. The van der Waals surface area contributed by atoms with E-state index in [2.05, 4.69) is 11.8 Å². The molecule has 3 rings (SSSR count). The number of phenolic OH excluding ortho intramolecular Hbond substituents is 1. The second kappa shape index (κ2) is 6.88. The fourth-order valence-electron chi connectivity index (χ4n) is 3.29. The number of benzene rings is 2. The Bertz CT molecular complexity index is 710. The van der Waals surface area contributed by atoms with E-state index in [1.54, 1.807) is 24.3 Å². The Hall–Kier alpha value is -2.60. The van der Waals surface area contributed by atoms with Gasteiger partial charge < -0.3 is 14.9 Å². The first-order valence-electron chi connectivity index (χ1n) is 8.17. The Morgan fingerprint density at radius 2 is 1.83 bits per heavy atom. The zero-order valence-corrected chi connectivity index (χ0v) is 13.7. The molecule has 1 saturated heterocycles. The maximum atomic E-state index is 11.0. The van der Waals surface area contributed by atoms with E-state index in [0.717, 1.165) is 37.4 Å². The predicted molar refractivity (Wildman–Crippen MR) is 92.5 cm³/mol. The van der Waals surface area contributed by atoms with Gasteiger partial charge in [-0.2, -0.15) is 0 Å². The van der Waals surface area contributed by atoms with Crippen LogP contribution < -0.4 is 9.80 Å². The third kappa shape index (κ3) is 3.49. The smallest absolute Gasteiger partial charge is 0.269 e. The van der Waals surface area contributed by atoms with Crippen molar-refractivity contribution in [3.05, 3.63) is 64.2 Å². The summed E-state index contributed by atoms with van der Waals surface area (Å²) in [5.41, 5.74) is 2.29. The van der Waals surface area contributed by atoms with Gasteiger partial charge in [0.1, 0.15) is 11.8 Å². The number of phenols is 1. The minimum absolute atomic E-state index is 0.154. The molecule has 6 nitrogen and oxygen atoms in total. The molecule has 1 aliphatic heterocycles. The molecular formula is C18H22N3O3+. The topological polar surface area (TPSA) is 71.0 Å². The van der Waals surface area contributed by atoms with Crippen LogP contribution in [0, 0.1) is 10.1 Å². The van der Waals surface area contributed by atoms with Gasteiger partial charge in [-0.1, -0.05) is 12.1 Å². The Balaban J connectivity index is 1.64. The normalized spacial score (nSPS) is 16.8. The molecule has 1 fully saturated rings. The van der Waals surface area contributed by atoms with E-state index < -0.39 is 0 Å². The number of anilines is 1. The van der Waals surface area contributed by atoms with Crippen LogP contribution in [0.3, 0.4) is 0 Å². The van der Waals surface area contributed by atoms with Crippen LogP contribution in [0.5, 0.6) is 5.75 Å². The number of hydrogen-bond donors (Lipinski definition) is 2. The second-order valence-electron chi connectivity index (χ2n) is 6.24. The van der Waals surface area contributed by atoms with Gasteiger partial charge >= 0.3 is 0 Å². The average Bonchev–Trinajstić information content (AvgIpc) is 2.62. The summed E-state index contributed by atoms with van der Waals surface area (Å²) < 4.78 is 0. The molecule has 0 bridgehead atoms. The summed E-state index contributed by atoms with van der Waals surface area (Å²) in [5.74, 6) is 0.280. The molecule has 126 valence electrons. The van der Waals surface area contributed by atoms with Crippen molar-refractivity contribution in [2.75, 3.05) is 31.1 Å². The largest absolute Gasteiger partial charge is 0.508 e. The number of nitrogens with one attached hydrogen (secondary N) is 1. The van der Waals surface area contributed by atoms with Crippen molar-refractivity contribution < 1.29 is 14.9 Å². The lowest BCUT2D eigenvalue weighted by atomic mass is 10.1. The molecule has 2 aromatic carbocycles. The van der Waals surface area contributed by atoms with Gasteiger partial charge in [0.15, 0.2) is 0 Å². The van der Waals surface area contributed by atoms with Crippen LogP contribution in [0.15, 0.2) is 48.5 Å². The summed E-state index contributed by atoms with van der Waals surface area (Å²) in [6.45, 7) is 5.94. The highest BCUT2D eigenvalue weighted by atomic mass is 16.6. The van der Waals surface area contributed by atoms with E-state index in [-0.39, 0.29) is 22.4 Å². The summed E-state index contributed by atoms with van der Waals surface area (Å²) in [7, 11) is 0. The Morgan fingerprint density at radius 1 is 1.17 bits per heavy atom. The van der Waals surface area contributed by atoms with Crippen LogP contribution in [0.4, 0.5) is 11.4 Å². The molecule has 2 aromatic rings. The first kappa shape index (κ1) is 16.3. The van der Waals surface area contributed by atoms with Crippen LogP contribution >= 0.6 is 0 Å². The van der Waals surface area contributed by atoms with Gasteiger partial charge in [0.05, 0.1) is 31.1 Å². The van der Waals surface area contributed by atoms with E-state index in [9.17, 15) is 15.2 Å². The van der Waals surface area contributed by atoms with Gasteiger partial charge in [0.2, 0.25) is 0 Å². The number of hydrogen-bond acceptors (Lipinski definition) is 4. The summed E-state index contributed by atoms with van der Waals surface area (Å²) >= 11 is 0. The van der Waals surface area contributed by atoms with Crippen molar-refractivity contribution in [3.8, 4) is 5.75 Å². The first-order chi connectivity index (χ1) is 11.5. The van der Waals surface area contributed by atoms with Gasteiger partial charge in [-0.3, -0.25) is 10.1 Å². The third-order valence-electron chi connectivity index (χ3n) is 4.81. The summed E-state index contributed by atoms with van der Waals surface area (Å²) in [6, 6.07) is 14.5. The molecule has 0 spiro atoms. The van der Waals surface area contributed by atoms with E-state index in [1.807, 2.05) is 18.2 Å². The van der Waals surface area contributed by atoms with Crippen LogP contribution in [0.1, 0.15) is 18.5 Å². The Morgan fingerprint density at radius 3 is 2.46 bits per heavy atom. The van der Waals surface area contributed by atoms with Crippen molar-refractivity contribution in [3.63, 3.8) is 0 Å². The molecule has 2 N–H and O–H groups in total. The molecule has 0 amide bonds. The maximum Gasteiger partial charge on any atom is 0.269 e. The van der Waals surface area contributed by atoms with Gasteiger partial charge in [-0.05, 0) is 31.2 Å². The number of aromatic hydroxyl groups is 1. The van der Waals surface area contributed by atoms with E-state index in [0.29, 0.717) is 0 Å². The van der Waals surface area contributed by atoms with Crippen LogP contribution in [0.2, 0.25) is 0 Å². The van der Waals surface area contributed by atoms with Crippen molar-refractivity contribution in [1.29, 1.82) is 0 Å². The molecule has 0 unspecified atom stereocenters. The fourth-order valence-corrected chi connectivity index (χ4v) is 3.29. The molecule has 0 aromatic heterocycles. The number of nitro groups is 1. The van der Waals surface area contributed by atoms with Gasteiger partial charge in [0, 0.05) is 23.4 Å². The molecular weight excluding hydrogens is 306 g/mol. The van der Waals surface area contributed by atoms with Crippen LogP contribution in [0.25, 0.3) is 0 Å². The maximum absolute atomic E-state index is 11.0. The fraction of sp³-hybridized carbons (Fsp3) is 0.333. The monoisotopic (exact) mass is 328 g/mol. The lowest BCUT2D eigenvalue weighted by molar-refractivity contribution is -0.930. The number of nitro benzene ring substituents is 1. The van der Waals surface area contributed by atoms with Crippen LogP contribution in [-0.4, -0.2) is 36.2 Å². The zero-order chi connectivity index (χ0) is 17.1. The molecule has 6 heteroatoms. The molecule has 1 aliphatic rings. The number of piperazine rings is 1. The SMILES string of the molecule is C[C@@H](c1cccc([N+](=O)[O-])c1)[NH+]1CCN(c2ccc(O)cc2)CC1. The summed E-state index contributed by atoms with van der Waals surface area (Å²) in [5, 5.41) is 20.3. The lowest BCUT2D eigenvalue weighted by Gasteiger charge is -2.36. The molecule has 0 radical (unpaired) electrons. The lowest BCUT2D eigenvalue weighted by Crippen LogP contribution is -3.14. The van der Waals surface area contributed by atoms with E-state index in [1.165, 1.54) is 11.0 Å². The van der Waals surface area contributed by atoms with E-state index >= 15 is 0 Å². The highest BCUT2D eigenvalue weighted by molar-refractivity contribution is 5.48. The van der Waals surface area contributed by atoms with Crippen LogP contribution in [-0.2, 0) is 0 Å².